The second-order valence-electron chi connectivity index (χ2n) is 6.46. The lowest BCUT2D eigenvalue weighted by atomic mass is 10.0. The van der Waals surface area contributed by atoms with Crippen LogP contribution < -0.4 is 15.4 Å². The second-order valence-corrected chi connectivity index (χ2v) is 6.46. The molecule has 0 aromatic heterocycles. The number of methoxy groups -OCH3 is 1. The van der Waals surface area contributed by atoms with Crippen molar-refractivity contribution in [3.05, 3.63) is 54.1 Å². The van der Waals surface area contributed by atoms with Crippen LogP contribution in [0.25, 0.3) is 11.1 Å². The summed E-state index contributed by atoms with van der Waals surface area (Å²) in [6, 6.07) is 17.8. The summed E-state index contributed by atoms with van der Waals surface area (Å²) in [4.78, 5) is 0. The Morgan fingerprint density at radius 2 is 1.54 bits per heavy atom. The van der Waals surface area contributed by atoms with Crippen LogP contribution in [-0.2, 0) is 0 Å². The van der Waals surface area contributed by atoms with Crippen molar-refractivity contribution in [1.82, 2.24) is 10.6 Å². The van der Waals surface area contributed by atoms with Crippen molar-refractivity contribution < 1.29 is 4.74 Å². The van der Waals surface area contributed by atoms with Crippen LogP contribution in [0.15, 0.2) is 48.5 Å². The monoisotopic (exact) mass is 326 g/mol. The molecule has 0 saturated heterocycles. The van der Waals surface area contributed by atoms with Crippen LogP contribution in [0.1, 0.15) is 38.8 Å². The third-order valence-corrected chi connectivity index (χ3v) is 4.19. The van der Waals surface area contributed by atoms with Gasteiger partial charge in [0.15, 0.2) is 0 Å². The minimum absolute atomic E-state index is 0.357. The highest BCUT2D eigenvalue weighted by atomic mass is 16.5. The van der Waals surface area contributed by atoms with Crippen LogP contribution in [0.3, 0.4) is 0 Å². The van der Waals surface area contributed by atoms with Gasteiger partial charge in [0.1, 0.15) is 5.75 Å². The lowest BCUT2D eigenvalue weighted by Crippen LogP contribution is -2.27. The molecule has 0 aliphatic heterocycles. The molecular weight excluding hydrogens is 296 g/mol. The topological polar surface area (TPSA) is 33.3 Å². The predicted octanol–water partition coefficient (Wildman–Crippen LogP) is 4.40. The first-order valence-electron chi connectivity index (χ1n) is 8.82. The average molecular weight is 326 g/mol. The standard InChI is InChI=1S/C21H30N2O/c1-16(2)22-14-7-15-23-17(3)18-10-12-19(13-11-18)20-8-5-6-9-21(20)24-4/h5-6,8-13,16-17,22-23H,7,14-15H2,1-4H3. The number of nitrogens with one attached hydrogen (secondary N) is 2. The van der Waals surface area contributed by atoms with E-state index in [-0.39, 0.29) is 0 Å². The number of hydrogen-bond acceptors (Lipinski definition) is 3. The fourth-order valence-corrected chi connectivity index (χ4v) is 2.75. The zero-order chi connectivity index (χ0) is 17.4. The molecule has 0 aliphatic rings. The summed E-state index contributed by atoms with van der Waals surface area (Å²) >= 11 is 0. The summed E-state index contributed by atoms with van der Waals surface area (Å²) in [5, 5.41) is 7.03. The minimum atomic E-state index is 0.357. The maximum Gasteiger partial charge on any atom is 0.126 e. The van der Waals surface area contributed by atoms with E-state index in [1.54, 1.807) is 7.11 Å². The van der Waals surface area contributed by atoms with Gasteiger partial charge in [-0.3, -0.25) is 0 Å². The molecule has 2 N–H and O–H groups in total. The van der Waals surface area contributed by atoms with Crippen molar-refractivity contribution in [2.75, 3.05) is 20.2 Å². The first-order valence-corrected chi connectivity index (χ1v) is 8.82. The van der Waals surface area contributed by atoms with Crippen LogP contribution in [-0.4, -0.2) is 26.2 Å². The summed E-state index contributed by atoms with van der Waals surface area (Å²) in [7, 11) is 1.72. The molecule has 0 radical (unpaired) electrons. The summed E-state index contributed by atoms with van der Waals surface area (Å²) in [6.07, 6.45) is 1.14. The van der Waals surface area contributed by atoms with E-state index in [9.17, 15) is 0 Å². The summed E-state index contributed by atoms with van der Waals surface area (Å²) in [5.74, 6) is 0.911. The van der Waals surface area contributed by atoms with Gasteiger partial charge in [0, 0.05) is 17.6 Å². The van der Waals surface area contributed by atoms with Crippen molar-refractivity contribution in [3.8, 4) is 16.9 Å². The van der Waals surface area contributed by atoms with Gasteiger partial charge in [-0.2, -0.15) is 0 Å². The van der Waals surface area contributed by atoms with Gasteiger partial charge in [0.05, 0.1) is 7.11 Å². The SMILES string of the molecule is COc1ccccc1-c1ccc(C(C)NCCCNC(C)C)cc1. The highest BCUT2D eigenvalue weighted by molar-refractivity contribution is 5.70. The third kappa shape index (κ3) is 5.36. The smallest absolute Gasteiger partial charge is 0.126 e. The highest BCUT2D eigenvalue weighted by Gasteiger charge is 2.07. The minimum Gasteiger partial charge on any atom is -0.496 e. The Labute approximate surface area is 146 Å². The molecule has 0 spiro atoms. The van der Waals surface area contributed by atoms with Crippen LogP contribution in [0.5, 0.6) is 5.75 Å². The van der Waals surface area contributed by atoms with E-state index in [0.29, 0.717) is 12.1 Å². The summed E-state index contributed by atoms with van der Waals surface area (Å²) in [6.45, 7) is 8.66. The normalized spacial score (nSPS) is 12.4. The van der Waals surface area contributed by atoms with Gasteiger partial charge in [-0.1, -0.05) is 56.3 Å². The number of benzene rings is 2. The average Bonchev–Trinajstić information content (AvgIpc) is 2.61. The second kappa shape index (κ2) is 9.45. The Hall–Kier alpha value is -1.84. The molecule has 130 valence electrons. The molecule has 2 rings (SSSR count). The van der Waals surface area contributed by atoms with Gasteiger partial charge in [-0.05, 0) is 43.6 Å². The molecule has 3 nitrogen and oxygen atoms in total. The van der Waals surface area contributed by atoms with Gasteiger partial charge in [-0.25, -0.2) is 0 Å². The fraction of sp³-hybridized carbons (Fsp3) is 0.429. The lowest BCUT2D eigenvalue weighted by molar-refractivity contribution is 0.416. The van der Waals surface area contributed by atoms with E-state index in [1.807, 2.05) is 18.2 Å². The van der Waals surface area contributed by atoms with E-state index in [4.69, 9.17) is 4.74 Å². The molecular formula is C21H30N2O. The summed E-state index contributed by atoms with van der Waals surface area (Å²) in [5.41, 5.74) is 3.63. The van der Waals surface area contributed by atoms with E-state index in [1.165, 1.54) is 11.1 Å². The van der Waals surface area contributed by atoms with Crippen LogP contribution in [0, 0.1) is 0 Å². The largest absolute Gasteiger partial charge is 0.496 e. The Balaban J connectivity index is 1.91. The van der Waals surface area contributed by atoms with Crippen molar-refractivity contribution in [2.45, 2.75) is 39.3 Å². The van der Waals surface area contributed by atoms with Crippen LogP contribution in [0.4, 0.5) is 0 Å². The molecule has 0 heterocycles. The summed E-state index contributed by atoms with van der Waals surface area (Å²) < 4.78 is 5.45. The Morgan fingerprint density at radius 1 is 0.875 bits per heavy atom. The van der Waals surface area contributed by atoms with E-state index >= 15 is 0 Å². The molecule has 0 fully saturated rings. The molecule has 0 amide bonds. The van der Waals surface area contributed by atoms with Gasteiger partial charge in [0.25, 0.3) is 0 Å². The van der Waals surface area contributed by atoms with Crippen molar-refractivity contribution >= 4 is 0 Å². The Morgan fingerprint density at radius 3 is 2.21 bits per heavy atom. The highest BCUT2D eigenvalue weighted by Crippen LogP contribution is 2.30. The number of ether oxygens (including phenoxy) is 1. The Kier molecular flexibility index (Phi) is 7.29. The van der Waals surface area contributed by atoms with Gasteiger partial charge in [-0.15, -0.1) is 0 Å². The maximum absolute atomic E-state index is 5.45. The van der Waals surface area contributed by atoms with Crippen molar-refractivity contribution in [2.24, 2.45) is 0 Å². The predicted molar refractivity (Wildman–Crippen MR) is 103 cm³/mol. The van der Waals surface area contributed by atoms with Crippen LogP contribution in [0.2, 0.25) is 0 Å². The molecule has 1 unspecified atom stereocenters. The zero-order valence-corrected chi connectivity index (χ0v) is 15.3. The molecule has 0 bridgehead atoms. The molecule has 0 aliphatic carbocycles. The van der Waals surface area contributed by atoms with E-state index < -0.39 is 0 Å². The maximum atomic E-state index is 5.45. The van der Waals surface area contributed by atoms with Crippen LogP contribution >= 0.6 is 0 Å². The molecule has 1 atom stereocenters. The molecule has 2 aromatic rings. The van der Waals surface area contributed by atoms with Crippen molar-refractivity contribution in [3.63, 3.8) is 0 Å². The molecule has 2 aromatic carbocycles. The van der Waals surface area contributed by atoms with Gasteiger partial charge >= 0.3 is 0 Å². The first-order chi connectivity index (χ1) is 11.6. The van der Waals surface area contributed by atoms with Crippen molar-refractivity contribution in [1.29, 1.82) is 0 Å². The molecule has 24 heavy (non-hydrogen) atoms. The first kappa shape index (κ1) is 18.5. The Bertz CT molecular complexity index is 607. The van der Waals surface area contributed by atoms with E-state index in [0.717, 1.165) is 30.8 Å². The van der Waals surface area contributed by atoms with Gasteiger partial charge < -0.3 is 15.4 Å². The third-order valence-electron chi connectivity index (χ3n) is 4.19. The molecule has 3 heteroatoms. The number of rotatable bonds is 9. The lowest BCUT2D eigenvalue weighted by Gasteiger charge is -2.16. The quantitative estimate of drug-likeness (QED) is 0.670. The number of para-hydroxylation sites is 1. The number of hydrogen-bond donors (Lipinski definition) is 2. The fourth-order valence-electron chi connectivity index (χ4n) is 2.75. The van der Waals surface area contributed by atoms with Gasteiger partial charge in [0.2, 0.25) is 0 Å². The van der Waals surface area contributed by atoms with E-state index in [2.05, 4.69) is 61.7 Å². The zero-order valence-electron chi connectivity index (χ0n) is 15.3. The molecule has 0 saturated carbocycles.